The molecule has 1 aromatic carbocycles. The van der Waals surface area contributed by atoms with Crippen LogP contribution in [-0.2, 0) is 10.0 Å². The lowest BCUT2D eigenvalue weighted by Gasteiger charge is -2.32. The minimum atomic E-state index is -3.88. The molecule has 2 rings (SSSR count). The number of ether oxygens (including phenoxy) is 1. The van der Waals surface area contributed by atoms with Crippen molar-refractivity contribution in [2.24, 2.45) is 5.14 Å². The van der Waals surface area contributed by atoms with E-state index in [1.54, 1.807) is 11.9 Å². The van der Waals surface area contributed by atoms with Crippen LogP contribution in [0.3, 0.4) is 0 Å². The number of methoxy groups -OCH3 is 1. The summed E-state index contributed by atoms with van der Waals surface area (Å²) in [6.45, 7) is 3.86. The number of rotatable bonds is 5. The molecule has 7 nitrogen and oxygen atoms in total. The molecule has 23 heavy (non-hydrogen) atoms. The molecule has 0 aliphatic carbocycles. The van der Waals surface area contributed by atoms with Crippen molar-refractivity contribution in [1.29, 1.82) is 0 Å². The lowest BCUT2D eigenvalue weighted by molar-refractivity contribution is 0.0544. The van der Waals surface area contributed by atoms with Gasteiger partial charge in [-0.2, -0.15) is 0 Å². The van der Waals surface area contributed by atoms with E-state index < -0.39 is 10.0 Å². The van der Waals surface area contributed by atoms with Crippen LogP contribution in [0, 0.1) is 0 Å². The first-order chi connectivity index (χ1) is 10.8. The van der Waals surface area contributed by atoms with Crippen molar-refractivity contribution in [2.75, 3.05) is 27.2 Å². The number of nitrogens with two attached hydrogens (primary N) is 1. The molecule has 1 saturated heterocycles. The predicted molar refractivity (Wildman–Crippen MR) is 86.7 cm³/mol. The second kappa shape index (κ2) is 6.86. The molecule has 1 unspecified atom stereocenters. The highest BCUT2D eigenvalue weighted by atomic mass is 32.2. The number of likely N-dealkylation sites (tertiary alicyclic amines) is 1. The minimum Gasteiger partial charge on any atom is -0.496 e. The summed E-state index contributed by atoms with van der Waals surface area (Å²) in [4.78, 5) is 16.6. The van der Waals surface area contributed by atoms with Gasteiger partial charge in [-0.05, 0) is 37.6 Å². The molecule has 0 radical (unpaired) electrons. The Morgan fingerprint density at radius 2 is 2.17 bits per heavy atom. The highest BCUT2D eigenvalue weighted by molar-refractivity contribution is 7.89. The molecule has 128 valence electrons. The first-order valence-corrected chi connectivity index (χ1v) is 9.06. The summed E-state index contributed by atoms with van der Waals surface area (Å²) in [7, 11) is -0.713. The SMILES string of the molecule is CCN1CCCC1N(C)C(=O)c1cc(S(N)(=O)=O)ccc1OC. The molecule has 0 spiro atoms. The summed E-state index contributed by atoms with van der Waals surface area (Å²) < 4.78 is 28.3. The zero-order chi connectivity index (χ0) is 17.2. The number of sulfonamides is 1. The molecule has 2 N–H and O–H groups in total. The van der Waals surface area contributed by atoms with Gasteiger partial charge in [0.25, 0.3) is 5.91 Å². The van der Waals surface area contributed by atoms with Crippen molar-refractivity contribution in [3.8, 4) is 5.75 Å². The van der Waals surface area contributed by atoms with Crippen LogP contribution in [0.2, 0.25) is 0 Å². The third-order valence-electron chi connectivity index (χ3n) is 4.23. The van der Waals surface area contributed by atoms with Gasteiger partial charge in [-0.1, -0.05) is 6.92 Å². The van der Waals surface area contributed by atoms with Gasteiger partial charge in [-0.25, -0.2) is 13.6 Å². The quantitative estimate of drug-likeness (QED) is 0.857. The maximum atomic E-state index is 12.8. The molecule has 1 atom stereocenters. The Hall–Kier alpha value is -1.64. The summed E-state index contributed by atoms with van der Waals surface area (Å²) >= 11 is 0. The number of hydrogen-bond donors (Lipinski definition) is 1. The summed E-state index contributed by atoms with van der Waals surface area (Å²) in [5.41, 5.74) is 0.199. The summed E-state index contributed by atoms with van der Waals surface area (Å²) in [6, 6.07) is 4.06. The van der Waals surface area contributed by atoms with Gasteiger partial charge in [-0.15, -0.1) is 0 Å². The van der Waals surface area contributed by atoms with E-state index in [1.807, 2.05) is 0 Å². The van der Waals surface area contributed by atoms with Crippen LogP contribution < -0.4 is 9.88 Å². The van der Waals surface area contributed by atoms with Crippen molar-refractivity contribution in [3.63, 3.8) is 0 Å². The lowest BCUT2D eigenvalue weighted by atomic mass is 10.1. The average Bonchev–Trinajstić information content (AvgIpc) is 3.00. The van der Waals surface area contributed by atoms with E-state index >= 15 is 0 Å². The molecular formula is C15H23N3O4S. The van der Waals surface area contributed by atoms with E-state index in [-0.39, 0.29) is 22.5 Å². The van der Waals surface area contributed by atoms with Gasteiger partial charge in [0.15, 0.2) is 0 Å². The third kappa shape index (κ3) is 3.65. The van der Waals surface area contributed by atoms with Crippen LogP contribution in [0.4, 0.5) is 0 Å². The van der Waals surface area contributed by atoms with Gasteiger partial charge >= 0.3 is 0 Å². The second-order valence-electron chi connectivity index (χ2n) is 5.57. The van der Waals surface area contributed by atoms with Crippen LogP contribution >= 0.6 is 0 Å². The minimum absolute atomic E-state index is 0.00958. The highest BCUT2D eigenvalue weighted by Crippen LogP contribution is 2.26. The molecule has 0 saturated carbocycles. The zero-order valence-corrected chi connectivity index (χ0v) is 14.5. The second-order valence-corrected chi connectivity index (χ2v) is 7.14. The van der Waals surface area contributed by atoms with E-state index in [0.29, 0.717) is 5.75 Å². The van der Waals surface area contributed by atoms with Crippen molar-refractivity contribution in [2.45, 2.75) is 30.8 Å². The van der Waals surface area contributed by atoms with E-state index in [2.05, 4.69) is 11.8 Å². The maximum absolute atomic E-state index is 12.8. The zero-order valence-electron chi connectivity index (χ0n) is 13.7. The normalized spacial score (nSPS) is 18.9. The molecule has 1 aliphatic rings. The van der Waals surface area contributed by atoms with Gasteiger partial charge in [0.2, 0.25) is 10.0 Å². The Bertz CT molecular complexity index is 690. The van der Waals surface area contributed by atoms with E-state index in [4.69, 9.17) is 9.88 Å². The van der Waals surface area contributed by atoms with E-state index in [9.17, 15) is 13.2 Å². The largest absolute Gasteiger partial charge is 0.496 e. The predicted octanol–water partition coefficient (Wildman–Crippen LogP) is 0.856. The number of primary sulfonamides is 1. The summed E-state index contributed by atoms with van der Waals surface area (Å²) in [5, 5.41) is 5.16. The van der Waals surface area contributed by atoms with Crippen molar-refractivity contribution in [3.05, 3.63) is 23.8 Å². The van der Waals surface area contributed by atoms with Gasteiger partial charge in [0, 0.05) is 13.6 Å². The number of nitrogens with zero attached hydrogens (tertiary/aromatic N) is 2. The fraction of sp³-hybridized carbons (Fsp3) is 0.533. The number of benzene rings is 1. The molecule has 1 fully saturated rings. The number of carbonyl (C=O) groups excluding carboxylic acids is 1. The fourth-order valence-electron chi connectivity index (χ4n) is 2.97. The molecule has 1 amide bonds. The van der Waals surface area contributed by atoms with E-state index in [1.165, 1.54) is 25.3 Å². The van der Waals surface area contributed by atoms with Crippen LogP contribution in [0.25, 0.3) is 0 Å². The Labute approximate surface area is 137 Å². The number of hydrogen-bond acceptors (Lipinski definition) is 5. The fourth-order valence-corrected chi connectivity index (χ4v) is 3.51. The molecule has 1 aliphatic heterocycles. The molecule has 0 bridgehead atoms. The monoisotopic (exact) mass is 341 g/mol. The van der Waals surface area contributed by atoms with Crippen LogP contribution in [0.15, 0.2) is 23.1 Å². The first kappa shape index (κ1) is 17.7. The first-order valence-electron chi connectivity index (χ1n) is 7.51. The van der Waals surface area contributed by atoms with Crippen molar-refractivity contribution >= 4 is 15.9 Å². The smallest absolute Gasteiger partial charge is 0.258 e. The topological polar surface area (TPSA) is 92.9 Å². The van der Waals surface area contributed by atoms with Crippen LogP contribution in [0.1, 0.15) is 30.1 Å². The Morgan fingerprint density at radius 1 is 1.48 bits per heavy atom. The molecule has 8 heteroatoms. The van der Waals surface area contributed by atoms with Crippen LogP contribution in [0.5, 0.6) is 5.75 Å². The van der Waals surface area contributed by atoms with Gasteiger partial charge < -0.3 is 9.64 Å². The number of carbonyl (C=O) groups is 1. The highest BCUT2D eigenvalue weighted by Gasteiger charge is 2.31. The van der Waals surface area contributed by atoms with Crippen molar-refractivity contribution in [1.82, 2.24) is 9.80 Å². The number of amides is 1. The third-order valence-corrected chi connectivity index (χ3v) is 5.14. The average molecular weight is 341 g/mol. The molecule has 1 heterocycles. The molecule has 1 aromatic rings. The summed E-state index contributed by atoms with van der Waals surface area (Å²) in [5.74, 6) is 0.0491. The van der Waals surface area contributed by atoms with Gasteiger partial charge in [-0.3, -0.25) is 9.69 Å². The maximum Gasteiger partial charge on any atom is 0.258 e. The van der Waals surface area contributed by atoms with Gasteiger partial charge in [0.1, 0.15) is 5.75 Å². The summed E-state index contributed by atoms with van der Waals surface area (Å²) in [6.07, 6.45) is 1.94. The van der Waals surface area contributed by atoms with Crippen LogP contribution in [-0.4, -0.2) is 57.5 Å². The molecule has 0 aromatic heterocycles. The molecular weight excluding hydrogens is 318 g/mol. The van der Waals surface area contributed by atoms with Crippen molar-refractivity contribution < 1.29 is 17.9 Å². The lowest BCUT2D eigenvalue weighted by Crippen LogP contribution is -2.45. The standard InChI is InChI=1S/C15H23N3O4S/c1-4-18-9-5-6-14(18)17(2)15(19)12-10-11(23(16,20)21)7-8-13(12)22-3/h7-8,10,14H,4-6,9H2,1-3H3,(H2,16,20,21). The van der Waals surface area contributed by atoms with E-state index in [0.717, 1.165) is 25.9 Å². The van der Waals surface area contributed by atoms with Gasteiger partial charge in [0.05, 0.1) is 23.7 Å². The Kier molecular flexibility index (Phi) is 5.28. The Morgan fingerprint density at radius 3 is 2.74 bits per heavy atom. The Balaban J connectivity index is 2.37.